The lowest BCUT2D eigenvalue weighted by atomic mass is 9.44. The van der Waals surface area contributed by atoms with Gasteiger partial charge in [0.15, 0.2) is 5.78 Å². The average Bonchev–Trinajstić information content (AvgIpc) is 2.99. The molecule has 0 saturated heterocycles. The van der Waals surface area contributed by atoms with Gasteiger partial charge in [0, 0.05) is 29.1 Å². The summed E-state index contributed by atoms with van der Waals surface area (Å²) < 4.78 is 5.83. The fraction of sp³-hybridized carbons (Fsp3) is 0.769. The van der Waals surface area contributed by atoms with Crippen molar-refractivity contribution in [2.45, 2.75) is 90.4 Å². The van der Waals surface area contributed by atoms with Gasteiger partial charge in [-0.05, 0) is 77.5 Å². The number of hydrogen-bond acceptors (Lipinski definition) is 6. The van der Waals surface area contributed by atoms with Crippen LogP contribution in [0, 0.1) is 28.1 Å². The highest BCUT2D eigenvalue weighted by Gasteiger charge is 2.73. The smallest absolute Gasteiger partial charge is 0.311 e. The van der Waals surface area contributed by atoms with Crippen LogP contribution >= 0.6 is 0 Å². The van der Waals surface area contributed by atoms with E-state index in [2.05, 4.69) is 0 Å². The number of esters is 1. The van der Waals surface area contributed by atoms with E-state index in [9.17, 15) is 24.9 Å². The van der Waals surface area contributed by atoms with Gasteiger partial charge in [-0.3, -0.25) is 9.59 Å². The molecule has 32 heavy (non-hydrogen) atoms. The minimum Gasteiger partial charge on any atom is -0.462 e. The molecule has 0 spiro atoms. The average molecular weight is 447 g/mol. The van der Waals surface area contributed by atoms with Crippen molar-refractivity contribution in [3.8, 4) is 0 Å². The lowest BCUT2D eigenvalue weighted by Gasteiger charge is -2.64. The van der Waals surface area contributed by atoms with Gasteiger partial charge in [-0.25, -0.2) is 0 Å². The molecule has 4 aliphatic carbocycles. The van der Waals surface area contributed by atoms with Crippen molar-refractivity contribution in [1.29, 1.82) is 0 Å². The normalized spacial score (nSPS) is 44.2. The maximum absolute atomic E-state index is 12.5. The van der Waals surface area contributed by atoms with Crippen LogP contribution in [0.15, 0.2) is 23.8 Å². The molecule has 0 aliphatic heterocycles. The van der Waals surface area contributed by atoms with Gasteiger partial charge in [-0.1, -0.05) is 13.0 Å². The molecule has 2 fully saturated rings. The van der Waals surface area contributed by atoms with Crippen LogP contribution in [0.3, 0.4) is 0 Å². The van der Waals surface area contributed by atoms with Crippen LogP contribution < -0.4 is 0 Å². The standard InChI is InChI=1S/C26H38O6/c1-16(32-21(29)22(2,3)4)19-8-13-26(31)23(19,5)10-9-20-24(15-27)11-7-18(28)14-17(24)6-12-25(20,26)30/h6,12,14,16,19-20,27,30-31H,7-11,13,15H2,1-5H3/t16?,19-,20-,23-,24-,25+,26+/m1/s1. The largest absolute Gasteiger partial charge is 0.462 e. The summed E-state index contributed by atoms with van der Waals surface area (Å²) in [6, 6.07) is 0. The lowest BCUT2D eigenvalue weighted by molar-refractivity contribution is -0.257. The molecule has 3 N–H and O–H groups in total. The third-order valence-corrected chi connectivity index (χ3v) is 9.37. The van der Waals surface area contributed by atoms with Gasteiger partial charge in [0.25, 0.3) is 0 Å². The van der Waals surface area contributed by atoms with E-state index in [1.165, 1.54) is 0 Å². The van der Waals surface area contributed by atoms with Crippen LogP contribution in [-0.4, -0.2) is 51.0 Å². The highest BCUT2D eigenvalue weighted by molar-refractivity contribution is 5.92. The van der Waals surface area contributed by atoms with Gasteiger partial charge in [-0.15, -0.1) is 0 Å². The second-order valence-electron chi connectivity index (χ2n) is 11.9. The molecule has 4 rings (SSSR count). The zero-order valence-electron chi connectivity index (χ0n) is 20.0. The maximum atomic E-state index is 12.5. The quantitative estimate of drug-likeness (QED) is 0.576. The zero-order chi connectivity index (χ0) is 23.7. The molecule has 2 saturated carbocycles. The van der Waals surface area contributed by atoms with Crippen molar-refractivity contribution in [2.75, 3.05) is 6.61 Å². The topological polar surface area (TPSA) is 104 Å². The third kappa shape index (κ3) is 2.95. The van der Waals surface area contributed by atoms with Crippen LogP contribution in [0.5, 0.6) is 0 Å². The van der Waals surface area contributed by atoms with Crippen molar-refractivity contribution < 1.29 is 29.6 Å². The molecule has 0 aromatic rings. The van der Waals surface area contributed by atoms with Crippen molar-refractivity contribution in [3.05, 3.63) is 23.8 Å². The molecule has 0 aromatic carbocycles. The van der Waals surface area contributed by atoms with Crippen LogP contribution in [0.1, 0.15) is 73.1 Å². The summed E-state index contributed by atoms with van der Waals surface area (Å²) in [6.07, 6.45) is 7.72. The van der Waals surface area contributed by atoms with Crippen LogP contribution in [-0.2, 0) is 14.3 Å². The van der Waals surface area contributed by atoms with Gasteiger partial charge < -0.3 is 20.1 Å². The highest BCUT2D eigenvalue weighted by atomic mass is 16.5. The molecule has 0 radical (unpaired) electrons. The number of ether oxygens (including phenoxy) is 1. The van der Waals surface area contributed by atoms with E-state index in [1.807, 2.05) is 34.6 Å². The molecule has 1 unspecified atom stereocenters. The maximum Gasteiger partial charge on any atom is 0.311 e. The summed E-state index contributed by atoms with van der Waals surface area (Å²) in [6.45, 7) is 9.20. The van der Waals surface area contributed by atoms with Crippen LogP contribution in [0.4, 0.5) is 0 Å². The molecule has 178 valence electrons. The van der Waals surface area contributed by atoms with Gasteiger partial charge >= 0.3 is 5.97 Å². The molecule has 0 bridgehead atoms. The molecular formula is C26H38O6. The van der Waals surface area contributed by atoms with Gasteiger partial charge in [0.2, 0.25) is 0 Å². The number of fused-ring (bicyclic) bond motifs is 5. The highest BCUT2D eigenvalue weighted by Crippen LogP contribution is 2.69. The Bertz CT molecular complexity index is 883. The Balaban J connectivity index is 1.71. The van der Waals surface area contributed by atoms with E-state index in [0.717, 1.165) is 5.57 Å². The Morgan fingerprint density at radius 3 is 2.53 bits per heavy atom. The number of carbonyl (C=O) groups excluding carboxylic acids is 2. The van der Waals surface area contributed by atoms with Crippen molar-refractivity contribution in [1.82, 2.24) is 0 Å². The SMILES string of the molecule is CC(OC(=O)C(C)(C)C)[C@H]1CC[C@@]2(O)[C@]3(O)C=CC4=CC(=O)CC[C@]4(CO)[C@H]3CC[C@]12C. The first-order valence-corrected chi connectivity index (χ1v) is 12.0. The first kappa shape index (κ1) is 23.7. The monoisotopic (exact) mass is 446 g/mol. The second-order valence-corrected chi connectivity index (χ2v) is 11.9. The first-order chi connectivity index (χ1) is 14.7. The minimum atomic E-state index is -1.52. The summed E-state index contributed by atoms with van der Waals surface area (Å²) in [5, 5.41) is 34.8. The van der Waals surface area contributed by atoms with Gasteiger partial charge in [0.1, 0.15) is 17.3 Å². The predicted molar refractivity (Wildman–Crippen MR) is 119 cm³/mol. The summed E-state index contributed by atoms with van der Waals surface area (Å²) >= 11 is 0. The number of ketones is 1. The van der Waals surface area contributed by atoms with Crippen LogP contribution in [0.2, 0.25) is 0 Å². The van der Waals surface area contributed by atoms with Crippen molar-refractivity contribution in [3.63, 3.8) is 0 Å². The molecular weight excluding hydrogens is 408 g/mol. The number of rotatable bonds is 3. The Morgan fingerprint density at radius 1 is 1.22 bits per heavy atom. The fourth-order valence-electron chi connectivity index (χ4n) is 7.38. The van der Waals surface area contributed by atoms with Crippen molar-refractivity contribution >= 4 is 11.8 Å². The molecule has 6 nitrogen and oxygen atoms in total. The third-order valence-electron chi connectivity index (χ3n) is 9.37. The van der Waals surface area contributed by atoms with Gasteiger partial charge in [0.05, 0.1) is 12.0 Å². The number of carbonyl (C=O) groups is 2. The van der Waals surface area contributed by atoms with Crippen molar-refractivity contribution in [2.24, 2.45) is 28.1 Å². The number of aliphatic hydroxyl groups excluding tert-OH is 1. The summed E-state index contributed by atoms with van der Waals surface area (Å²) in [5.74, 6) is -0.704. The predicted octanol–water partition coefficient (Wildman–Crippen LogP) is 3.09. The molecule has 6 heteroatoms. The minimum absolute atomic E-state index is 0.0361. The molecule has 0 amide bonds. The summed E-state index contributed by atoms with van der Waals surface area (Å²) in [7, 11) is 0. The molecule has 0 aromatic heterocycles. The number of hydrogen-bond donors (Lipinski definition) is 3. The van der Waals surface area contributed by atoms with E-state index in [0.29, 0.717) is 38.5 Å². The Morgan fingerprint density at radius 2 is 1.91 bits per heavy atom. The number of aliphatic hydroxyl groups is 3. The van der Waals surface area contributed by atoms with E-state index in [4.69, 9.17) is 4.74 Å². The molecule has 7 atom stereocenters. The van der Waals surface area contributed by atoms with Gasteiger partial charge in [-0.2, -0.15) is 0 Å². The first-order valence-electron chi connectivity index (χ1n) is 12.0. The molecule has 4 aliphatic rings. The summed E-state index contributed by atoms with van der Waals surface area (Å²) in [4.78, 5) is 24.6. The molecule has 0 heterocycles. The van der Waals surface area contributed by atoms with Crippen LogP contribution in [0.25, 0.3) is 0 Å². The van der Waals surface area contributed by atoms with E-state index in [1.54, 1.807) is 18.2 Å². The van der Waals surface area contributed by atoms with E-state index >= 15 is 0 Å². The fourth-order valence-corrected chi connectivity index (χ4v) is 7.38. The van der Waals surface area contributed by atoms with E-state index < -0.39 is 27.4 Å². The Kier molecular flexibility index (Phi) is 5.36. The Labute approximate surface area is 190 Å². The zero-order valence-corrected chi connectivity index (χ0v) is 20.0. The van der Waals surface area contributed by atoms with E-state index in [-0.39, 0.29) is 36.3 Å². The second kappa shape index (κ2) is 7.25. The number of allylic oxidation sites excluding steroid dienone is 2. The Hall–Kier alpha value is -1.50. The lowest BCUT2D eigenvalue weighted by Crippen LogP contribution is -2.71. The summed E-state index contributed by atoms with van der Waals surface area (Å²) in [5.41, 5.74) is -4.16.